The van der Waals surface area contributed by atoms with E-state index in [-0.39, 0.29) is 12.0 Å². The molecule has 1 saturated carbocycles. The van der Waals surface area contributed by atoms with E-state index in [1.165, 1.54) is 12.8 Å². The summed E-state index contributed by atoms with van der Waals surface area (Å²) in [4.78, 5) is 8.88. The van der Waals surface area contributed by atoms with E-state index in [0.717, 1.165) is 49.4 Å². The molecule has 0 radical (unpaired) electrons. The summed E-state index contributed by atoms with van der Waals surface area (Å²) in [5, 5.41) is 13.1. The van der Waals surface area contributed by atoms with Crippen molar-refractivity contribution >= 4 is 11.6 Å². The lowest BCUT2D eigenvalue weighted by Crippen LogP contribution is -2.31. The van der Waals surface area contributed by atoms with Crippen molar-refractivity contribution in [2.24, 2.45) is 5.41 Å². The zero-order chi connectivity index (χ0) is 14.6. The maximum Gasteiger partial charge on any atom is 0.134 e. The molecular weight excluding hydrogens is 252 g/mol. The van der Waals surface area contributed by atoms with Gasteiger partial charge in [-0.15, -0.1) is 0 Å². The van der Waals surface area contributed by atoms with Crippen LogP contribution in [0, 0.1) is 12.3 Å². The highest BCUT2D eigenvalue weighted by atomic mass is 16.3. The van der Waals surface area contributed by atoms with Gasteiger partial charge in [-0.3, -0.25) is 0 Å². The van der Waals surface area contributed by atoms with Crippen LogP contribution >= 0.6 is 0 Å². The number of aromatic nitrogens is 2. The second-order valence-electron chi connectivity index (χ2n) is 5.97. The van der Waals surface area contributed by atoms with E-state index in [9.17, 15) is 5.11 Å². The van der Waals surface area contributed by atoms with Crippen LogP contribution in [0.4, 0.5) is 11.6 Å². The van der Waals surface area contributed by atoms with Gasteiger partial charge in [-0.2, -0.15) is 0 Å². The van der Waals surface area contributed by atoms with Crippen molar-refractivity contribution in [1.29, 1.82) is 0 Å². The fourth-order valence-electron chi connectivity index (χ4n) is 2.88. The van der Waals surface area contributed by atoms with Crippen LogP contribution in [0.2, 0.25) is 0 Å². The summed E-state index contributed by atoms with van der Waals surface area (Å²) in [6.07, 6.45) is 6.41. The lowest BCUT2D eigenvalue weighted by molar-refractivity contribution is 0.142. The van der Waals surface area contributed by atoms with Gasteiger partial charge in [0.2, 0.25) is 0 Å². The summed E-state index contributed by atoms with van der Waals surface area (Å²) in [7, 11) is 0. The van der Waals surface area contributed by atoms with Gasteiger partial charge in [0.05, 0.1) is 6.61 Å². The van der Waals surface area contributed by atoms with Gasteiger partial charge in [-0.25, -0.2) is 9.97 Å². The van der Waals surface area contributed by atoms with E-state index in [2.05, 4.69) is 22.2 Å². The lowest BCUT2D eigenvalue weighted by atomic mass is 9.87. The number of aliphatic hydroxyl groups excluding tert-OH is 1. The van der Waals surface area contributed by atoms with Gasteiger partial charge in [-0.1, -0.05) is 19.8 Å². The first-order valence-corrected chi connectivity index (χ1v) is 7.58. The Morgan fingerprint density at radius 1 is 1.30 bits per heavy atom. The van der Waals surface area contributed by atoms with Crippen LogP contribution in [-0.2, 0) is 6.42 Å². The molecule has 2 rings (SSSR count). The summed E-state index contributed by atoms with van der Waals surface area (Å²) in [6.45, 7) is 5.03. The zero-order valence-electron chi connectivity index (χ0n) is 12.6. The standard InChI is InChI=1S/C15H26N4O/c1-3-6-12-18-13(16)11(2)14(19-12)17-9-15(10-20)7-4-5-8-15/h20H,3-10H2,1-2H3,(H3,16,17,18,19). The first-order valence-electron chi connectivity index (χ1n) is 7.58. The number of anilines is 2. The second-order valence-corrected chi connectivity index (χ2v) is 5.97. The van der Waals surface area contributed by atoms with Crippen molar-refractivity contribution in [1.82, 2.24) is 9.97 Å². The number of nitrogen functional groups attached to an aromatic ring is 1. The normalized spacial score (nSPS) is 17.4. The van der Waals surface area contributed by atoms with E-state index in [0.29, 0.717) is 5.82 Å². The summed E-state index contributed by atoms with van der Waals surface area (Å²) >= 11 is 0. The summed E-state index contributed by atoms with van der Waals surface area (Å²) in [5.74, 6) is 2.17. The fourth-order valence-corrected chi connectivity index (χ4v) is 2.88. The van der Waals surface area contributed by atoms with Crippen LogP contribution in [0.25, 0.3) is 0 Å². The Kier molecular flexibility index (Phi) is 4.81. The van der Waals surface area contributed by atoms with Gasteiger partial charge in [-0.05, 0) is 26.2 Å². The highest BCUT2D eigenvalue weighted by molar-refractivity contribution is 5.54. The van der Waals surface area contributed by atoms with Crippen molar-refractivity contribution in [3.8, 4) is 0 Å². The van der Waals surface area contributed by atoms with Crippen molar-refractivity contribution < 1.29 is 5.11 Å². The average Bonchev–Trinajstić information content (AvgIpc) is 2.91. The van der Waals surface area contributed by atoms with Crippen molar-refractivity contribution in [2.75, 3.05) is 24.2 Å². The van der Waals surface area contributed by atoms with Crippen LogP contribution in [-0.4, -0.2) is 28.2 Å². The zero-order valence-corrected chi connectivity index (χ0v) is 12.6. The molecule has 1 aliphatic rings. The lowest BCUT2D eigenvalue weighted by Gasteiger charge is -2.27. The maximum absolute atomic E-state index is 9.66. The summed E-state index contributed by atoms with van der Waals surface area (Å²) in [6, 6.07) is 0. The fraction of sp³-hybridized carbons (Fsp3) is 0.733. The third kappa shape index (κ3) is 3.20. The van der Waals surface area contributed by atoms with E-state index in [1.807, 2.05) is 6.92 Å². The van der Waals surface area contributed by atoms with Gasteiger partial charge in [0.15, 0.2) is 0 Å². The maximum atomic E-state index is 9.66. The molecule has 1 aliphatic carbocycles. The molecule has 0 aliphatic heterocycles. The minimum absolute atomic E-state index is 0.0110. The van der Waals surface area contributed by atoms with Gasteiger partial charge in [0, 0.05) is 23.9 Å². The molecule has 0 amide bonds. The predicted octanol–water partition coefficient (Wildman–Crippen LogP) is 2.28. The number of aliphatic hydroxyl groups is 1. The molecule has 0 saturated heterocycles. The molecule has 0 unspecified atom stereocenters. The topological polar surface area (TPSA) is 84.1 Å². The Morgan fingerprint density at radius 3 is 2.60 bits per heavy atom. The van der Waals surface area contributed by atoms with E-state index in [4.69, 9.17) is 5.73 Å². The molecule has 4 N–H and O–H groups in total. The Hall–Kier alpha value is -1.36. The third-order valence-electron chi connectivity index (χ3n) is 4.33. The largest absolute Gasteiger partial charge is 0.396 e. The first-order chi connectivity index (χ1) is 9.60. The molecule has 20 heavy (non-hydrogen) atoms. The summed E-state index contributed by atoms with van der Waals surface area (Å²) < 4.78 is 0. The minimum Gasteiger partial charge on any atom is -0.396 e. The molecule has 1 aromatic rings. The molecule has 1 heterocycles. The Bertz CT molecular complexity index is 455. The molecule has 0 bridgehead atoms. The van der Waals surface area contributed by atoms with Crippen molar-refractivity contribution in [2.45, 2.75) is 52.4 Å². The number of hydrogen-bond acceptors (Lipinski definition) is 5. The number of aryl methyl sites for hydroxylation is 1. The smallest absolute Gasteiger partial charge is 0.134 e. The minimum atomic E-state index is 0.0110. The number of nitrogens with zero attached hydrogens (tertiary/aromatic N) is 2. The van der Waals surface area contributed by atoms with Crippen molar-refractivity contribution in [3.63, 3.8) is 0 Å². The van der Waals surface area contributed by atoms with Crippen LogP contribution in [0.15, 0.2) is 0 Å². The Morgan fingerprint density at radius 2 is 2.00 bits per heavy atom. The van der Waals surface area contributed by atoms with Crippen molar-refractivity contribution in [3.05, 3.63) is 11.4 Å². The number of hydrogen-bond donors (Lipinski definition) is 3. The summed E-state index contributed by atoms with van der Waals surface area (Å²) in [5.41, 5.74) is 6.87. The SMILES string of the molecule is CCCc1nc(N)c(C)c(NCC2(CO)CCCC2)n1. The Labute approximate surface area is 121 Å². The van der Waals surface area contributed by atoms with Gasteiger partial charge in [0.25, 0.3) is 0 Å². The molecular formula is C15H26N4O. The monoisotopic (exact) mass is 278 g/mol. The van der Waals surface area contributed by atoms with Gasteiger partial charge in [0.1, 0.15) is 17.5 Å². The first kappa shape index (κ1) is 15.0. The number of nitrogens with two attached hydrogens (primary N) is 1. The molecule has 5 nitrogen and oxygen atoms in total. The highest BCUT2D eigenvalue weighted by Gasteiger charge is 2.33. The van der Waals surface area contributed by atoms with Gasteiger partial charge >= 0.3 is 0 Å². The van der Waals surface area contributed by atoms with E-state index < -0.39 is 0 Å². The molecule has 112 valence electrons. The average molecular weight is 278 g/mol. The molecule has 0 atom stereocenters. The quantitative estimate of drug-likeness (QED) is 0.743. The molecule has 5 heteroatoms. The molecule has 1 aromatic heterocycles. The van der Waals surface area contributed by atoms with E-state index in [1.54, 1.807) is 0 Å². The van der Waals surface area contributed by atoms with Crippen LogP contribution in [0.1, 0.15) is 50.4 Å². The second kappa shape index (κ2) is 6.39. The van der Waals surface area contributed by atoms with E-state index >= 15 is 0 Å². The molecule has 0 aromatic carbocycles. The molecule has 1 fully saturated rings. The highest BCUT2D eigenvalue weighted by Crippen LogP contribution is 2.37. The number of rotatable bonds is 6. The number of nitrogens with one attached hydrogen (secondary N) is 1. The molecule has 0 spiro atoms. The van der Waals surface area contributed by atoms with Crippen LogP contribution in [0.3, 0.4) is 0 Å². The van der Waals surface area contributed by atoms with Gasteiger partial charge < -0.3 is 16.2 Å². The van der Waals surface area contributed by atoms with Crippen LogP contribution in [0.5, 0.6) is 0 Å². The predicted molar refractivity (Wildman–Crippen MR) is 81.7 cm³/mol. The van der Waals surface area contributed by atoms with Crippen LogP contribution < -0.4 is 11.1 Å². The Balaban J connectivity index is 2.12. The third-order valence-corrected chi connectivity index (χ3v) is 4.33.